The minimum Gasteiger partial charge on any atom is -0.481 e. The van der Waals surface area contributed by atoms with Crippen LogP contribution in [0.25, 0.3) is 0 Å². The van der Waals surface area contributed by atoms with E-state index in [-0.39, 0.29) is 24.4 Å². The van der Waals surface area contributed by atoms with Gasteiger partial charge in [0, 0.05) is 12.6 Å². The van der Waals surface area contributed by atoms with Crippen molar-refractivity contribution in [3.63, 3.8) is 0 Å². The maximum atomic E-state index is 11.8. The monoisotopic (exact) mass is 287 g/mol. The average molecular weight is 287 g/mol. The Bertz CT molecular complexity index is 576. The van der Waals surface area contributed by atoms with Crippen LogP contribution in [0.4, 0.5) is 4.79 Å². The summed E-state index contributed by atoms with van der Waals surface area (Å²) in [6.45, 7) is 0.297. The van der Waals surface area contributed by atoms with Crippen LogP contribution in [0.5, 0.6) is 0 Å². The lowest BCUT2D eigenvalue weighted by Crippen LogP contribution is -2.43. The molecule has 1 aromatic rings. The molecule has 0 aromatic heterocycles. The quantitative estimate of drug-likeness (QED) is 0.739. The topological polar surface area (TPSA) is 102 Å². The third kappa shape index (κ3) is 4.80. The summed E-state index contributed by atoms with van der Waals surface area (Å²) in [7, 11) is 0. The number of nitrogens with zero attached hydrogens (tertiary/aromatic N) is 1. The standard InChI is InChI=1S/C15H17N3O3/c16-8-10-2-1-3-11(6-10)9-17-15(21)18-13(7-14(19)20)12-4-5-12/h1-3,6,12-13H,4-5,7,9H2,(H,19,20)(H2,17,18,21). The molecule has 0 spiro atoms. The van der Waals surface area contributed by atoms with Crippen LogP contribution in [0.2, 0.25) is 0 Å². The van der Waals surface area contributed by atoms with Crippen molar-refractivity contribution in [2.24, 2.45) is 5.92 Å². The van der Waals surface area contributed by atoms with Gasteiger partial charge in [-0.3, -0.25) is 4.79 Å². The van der Waals surface area contributed by atoms with Crippen LogP contribution in [0.3, 0.4) is 0 Å². The molecule has 0 heterocycles. The molecule has 2 amide bonds. The fraction of sp³-hybridized carbons (Fsp3) is 0.400. The van der Waals surface area contributed by atoms with Gasteiger partial charge in [0.15, 0.2) is 0 Å². The zero-order valence-corrected chi connectivity index (χ0v) is 11.5. The van der Waals surface area contributed by atoms with Gasteiger partial charge in [-0.05, 0) is 36.5 Å². The van der Waals surface area contributed by atoms with Crippen LogP contribution in [0, 0.1) is 17.2 Å². The Balaban J connectivity index is 1.83. The molecule has 1 atom stereocenters. The lowest BCUT2D eigenvalue weighted by molar-refractivity contribution is -0.137. The SMILES string of the molecule is N#Cc1cccc(CNC(=O)NC(CC(=O)O)C2CC2)c1. The van der Waals surface area contributed by atoms with Gasteiger partial charge in [0.2, 0.25) is 0 Å². The van der Waals surface area contributed by atoms with E-state index in [1.807, 2.05) is 12.1 Å². The number of carboxylic acids is 1. The average Bonchev–Trinajstić information content (AvgIpc) is 3.29. The van der Waals surface area contributed by atoms with E-state index in [1.54, 1.807) is 18.2 Å². The zero-order valence-electron chi connectivity index (χ0n) is 11.5. The van der Waals surface area contributed by atoms with Gasteiger partial charge in [0.1, 0.15) is 0 Å². The van der Waals surface area contributed by atoms with Gasteiger partial charge < -0.3 is 15.7 Å². The summed E-state index contributed by atoms with van der Waals surface area (Å²) in [5.74, 6) is -0.636. The molecule has 2 rings (SSSR count). The summed E-state index contributed by atoms with van der Waals surface area (Å²) >= 11 is 0. The molecule has 21 heavy (non-hydrogen) atoms. The number of urea groups is 1. The number of carbonyl (C=O) groups is 2. The normalized spacial score (nSPS) is 14.8. The largest absolute Gasteiger partial charge is 0.481 e. The molecule has 1 saturated carbocycles. The summed E-state index contributed by atoms with van der Waals surface area (Å²) in [5.41, 5.74) is 1.36. The van der Waals surface area contributed by atoms with Crippen LogP contribution < -0.4 is 10.6 Å². The smallest absolute Gasteiger partial charge is 0.315 e. The highest BCUT2D eigenvalue weighted by atomic mass is 16.4. The van der Waals surface area contributed by atoms with E-state index in [1.165, 1.54) is 0 Å². The first-order valence-corrected chi connectivity index (χ1v) is 6.83. The first-order chi connectivity index (χ1) is 10.1. The molecule has 1 aliphatic carbocycles. The number of hydrogen-bond acceptors (Lipinski definition) is 3. The Hall–Kier alpha value is -2.55. The lowest BCUT2D eigenvalue weighted by Gasteiger charge is -2.16. The van der Waals surface area contributed by atoms with Crippen LogP contribution in [-0.4, -0.2) is 23.1 Å². The van der Waals surface area contributed by atoms with E-state index in [0.717, 1.165) is 18.4 Å². The minimum absolute atomic E-state index is 0.0536. The van der Waals surface area contributed by atoms with Crippen molar-refractivity contribution in [1.82, 2.24) is 10.6 Å². The fourth-order valence-electron chi connectivity index (χ4n) is 2.17. The van der Waals surface area contributed by atoms with E-state index in [0.29, 0.717) is 12.1 Å². The first-order valence-electron chi connectivity index (χ1n) is 6.83. The molecule has 0 aliphatic heterocycles. The molecule has 1 fully saturated rings. The van der Waals surface area contributed by atoms with Crippen molar-refractivity contribution in [1.29, 1.82) is 5.26 Å². The van der Waals surface area contributed by atoms with Crippen LogP contribution in [0.15, 0.2) is 24.3 Å². The second-order valence-corrected chi connectivity index (χ2v) is 5.18. The van der Waals surface area contributed by atoms with Crippen molar-refractivity contribution in [2.75, 3.05) is 0 Å². The summed E-state index contributed by atoms with van der Waals surface area (Å²) in [6, 6.07) is 8.32. The number of hydrogen-bond donors (Lipinski definition) is 3. The molecule has 6 heteroatoms. The van der Waals surface area contributed by atoms with Gasteiger partial charge in [-0.1, -0.05) is 12.1 Å². The first kappa shape index (κ1) is 14.9. The predicted molar refractivity (Wildman–Crippen MR) is 75.3 cm³/mol. The summed E-state index contributed by atoms with van der Waals surface area (Å²) in [5, 5.41) is 23.0. The second-order valence-electron chi connectivity index (χ2n) is 5.18. The zero-order chi connectivity index (χ0) is 15.2. The summed E-state index contributed by atoms with van der Waals surface area (Å²) < 4.78 is 0. The summed E-state index contributed by atoms with van der Waals surface area (Å²) in [6.07, 6.45) is 1.87. The maximum absolute atomic E-state index is 11.8. The second kappa shape index (κ2) is 6.75. The van der Waals surface area contributed by atoms with Gasteiger partial charge in [-0.15, -0.1) is 0 Å². The van der Waals surface area contributed by atoms with E-state index >= 15 is 0 Å². The van der Waals surface area contributed by atoms with Gasteiger partial charge in [-0.25, -0.2) is 4.79 Å². The summed E-state index contributed by atoms with van der Waals surface area (Å²) in [4.78, 5) is 22.6. The maximum Gasteiger partial charge on any atom is 0.315 e. The highest BCUT2D eigenvalue weighted by molar-refractivity contribution is 5.75. The molecule has 1 unspecified atom stereocenters. The van der Waals surface area contributed by atoms with Crippen LogP contribution >= 0.6 is 0 Å². The van der Waals surface area contributed by atoms with Gasteiger partial charge in [0.05, 0.1) is 18.1 Å². The van der Waals surface area contributed by atoms with Gasteiger partial charge in [0.25, 0.3) is 0 Å². The molecule has 0 bridgehead atoms. The Morgan fingerprint density at radius 3 is 2.81 bits per heavy atom. The highest BCUT2D eigenvalue weighted by Gasteiger charge is 2.33. The molecular weight excluding hydrogens is 270 g/mol. The van der Waals surface area contributed by atoms with Gasteiger partial charge in [-0.2, -0.15) is 5.26 Å². The van der Waals surface area contributed by atoms with E-state index in [4.69, 9.17) is 10.4 Å². The number of benzene rings is 1. The molecule has 1 aliphatic rings. The minimum atomic E-state index is -0.908. The Kier molecular flexibility index (Phi) is 4.77. The van der Waals surface area contributed by atoms with E-state index in [9.17, 15) is 9.59 Å². The molecule has 1 aromatic carbocycles. The molecule has 0 saturated heterocycles. The number of nitriles is 1. The van der Waals surface area contributed by atoms with Crippen molar-refractivity contribution >= 4 is 12.0 Å². The highest BCUT2D eigenvalue weighted by Crippen LogP contribution is 2.33. The number of nitrogens with one attached hydrogen (secondary N) is 2. The Morgan fingerprint density at radius 2 is 2.19 bits per heavy atom. The number of rotatable bonds is 6. The Morgan fingerprint density at radius 1 is 1.43 bits per heavy atom. The molecule has 6 nitrogen and oxygen atoms in total. The number of carboxylic acid groups (broad SMARTS) is 1. The van der Waals surface area contributed by atoms with Crippen molar-refractivity contribution in [3.8, 4) is 6.07 Å². The number of aliphatic carboxylic acids is 1. The third-order valence-corrected chi connectivity index (χ3v) is 3.41. The number of carbonyl (C=O) groups excluding carboxylic acids is 1. The van der Waals surface area contributed by atoms with Crippen molar-refractivity contribution in [3.05, 3.63) is 35.4 Å². The van der Waals surface area contributed by atoms with Gasteiger partial charge >= 0.3 is 12.0 Å². The van der Waals surface area contributed by atoms with Crippen molar-refractivity contribution < 1.29 is 14.7 Å². The predicted octanol–water partition coefficient (Wildman–Crippen LogP) is 1.61. The number of amides is 2. The van der Waals surface area contributed by atoms with Crippen LogP contribution in [0.1, 0.15) is 30.4 Å². The molecular formula is C15H17N3O3. The van der Waals surface area contributed by atoms with Crippen LogP contribution in [-0.2, 0) is 11.3 Å². The third-order valence-electron chi connectivity index (χ3n) is 3.41. The molecule has 3 N–H and O–H groups in total. The lowest BCUT2D eigenvalue weighted by atomic mass is 10.1. The van der Waals surface area contributed by atoms with Crippen molar-refractivity contribution in [2.45, 2.75) is 31.8 Å². The molecule has 110 valence electrons. The molecule has 0 radical (unpaired) electrons. The fourth-order valence-corrected chi connectivity index (χ4v) is 2.17. The Labute approximate surface area is 122 Å². The van der Waals surface area contributed by atoms with E-state index in [2.05, 4.69) is 10.6 Å². The van der Waals surface area contributed by atoms with E-state index < -0.39 is 5.97 Å².